The molecule has 0 radical (unpaired) electrons. The van der Waals surface area contributed by atoms with Crippen LogP contribution >= 0.6 is 0 Å². The Morgan fingerprint density at radius 2 is 0.287 bits per heavy atom. The summed E-state index contributed by atoms with van der Waals surface area (Å²) in [4.78, 5) is 39.6. The minimum absolute atomic E-state index is 0.843. The van der Waals surface area contributed by atoms with E-state index < -0.39 is 0 Å². The molecule has 8 heteroatoms. The number of hydrogen-bond acceptors (Lipinski definition) is 4. The summed E-state index contributed by atoms with van der Waals surface area (Å²) in [5.41, 5.74) is 53.5. The largest absolute Gasteiger partial charge is 0.354 e. The summed E-state index contributed by atoms with van der Waals surface area (Å²) in [6, 6.07) is 54.6. The zero-order chi connectivity index (χ0) is 75.2. The van der Waals surface area contributed by atoms with Crippen LogP contribution in [-0.4, -0.2) is 39.9 Å². The minimum atomic E-state index is 0.843. The lowest BCUT2D eigenvalue weighted by Crippen LogP contribution is -1.96. The molecule has 17 rings (SSSR count). The SMILES string of the molecule is Cc1cc(C)c(-c2c3nc(c(-c4c(C)cc(C)cc4C)c4ccc([nH]4)c(-c4c(C)cc(C)cc4C)c4nc(c(-c5ccc(-c6c7nc(c(-c8c(C)cc(C)cc8C)c8ccc([nH]8)c(-c8c(C)cc(C)cc8C)c8nc(c(-c9c(C)cc(C)cc9C)c9ccc6[nH]9)C=C8)C=C7)cc5)c5ccc2[nH]5)C=C4)C=C3)c(C)c1. The smallest absolute Gasteiger partial charge is 0.0737 e. The van der Waals surface area contributed by atoms with Crippen molar-refractivity contribution in [2.75, 3.05) is 0 Å². The third-order valence-corrected chi connectivity index (χ3v) is 22.5. The molecule has 7 aromatic carbocycles. The molecule has 6 aromatic heterocycles. The van der Waals surface area contributed by atoms with Crippen LogP contribution < -0.4 is 0 Å². The van der Waals surface area contributed by atoms with Gasteiger partial charge in [0.25, 0.3) is 0 Å². The number of aryl methyl sites for hydroxylation is 18. The van der Waals surface area contributed by atoms with Crippen LogP contribution in [0.3, 0.4) is 0 Å². The van der Waals surface area contributed by atoms with Gasteiger partial charge in [-0.05, 0) is 333 Å². The quantitative estimate of drug-likeness (QED) is 0.121. The van der Waals surface area contributed by atoms with E-state index in [1.54, 1.807) is 0 Å². The molecule has 0 fully saturated rings. The number of nitrogens with one attached hydrogen (secondary N) is 4. The Morgan fingerprint density at radius 1 is 0.157 bits per heavy atom. The Hall–Kier alpha value is -12.3. The Kier molecular flexibility index (Phi) is 16.8. The van der Waals surface area contributed by atoms with Gasteiger partial charge in [-0.3, -0.25) is 0 Å². The van der Waals surface area contributed by atoms with Gasteiger partial charge in [-0.2, -0.15) is 0 Å². The van der Waals surface area contributed by atoms with Crippen LogP contribution in [0.1, 0.15) is 146 Å². The summed E-state index contributed by atoms with van der Waals surface area (Å²) in [6.45, 7) is 39.9. The highest BCUT2D eigenvalue weighted by atomic mass is 14.8. The van der Waals surface area contributed by atoms with E-state index in [0.29, 0.717) is 0 Å². The van der Waals surface area contributed by atoms with E-state index >= 15 is 0 Å². The number of nitrogens with zero attached hydrogens (tertiary/aromatic N) is 4. The van der Waals surface area contributed by atoms with E-state index in [1.807, 2.05) is 0 Å². The van der Waals surface area contributed by atoms with Crippen molar-refractivity contribution in [3.8, 4) is 89.0 Å². The Labute approximate surface area is 633 Å². The molecule has 4 aliphatic rings. The fourth-order valence-electron chi connectivity index (χ4n) is 18.8. The third kappa shape index (κ3) is 11.8. The summed E-state index contributed by atoms with van der Waals surface area (Å²) >= 11 is 0. The van der Waals surface area contributed by atoms with Crippen molar-refractivity contribution in [2.45, 2.75) is 125 Å². The molecule has 0 atom stereocenters. The molecule has 108 heavy (non-hydrogen) atoms. The molecule has 16 bridgehead atoms. The molecule has 10 heterocycles. The number of aromatic amines is 4. The van der Waals surface area contributed by atoms with E-state index in [-0.39, 0.29) is 0 Å². The molecule has 0 saturated heterocycles. The van der Waals surface area contributed by atoms with E-state index in [4.69, 9.17) is 19.9 Å². The second-order valence-corrected chi connectivity index (χ2v) is 31.2. The van der Waals surface area contributed by atoms with Gasteiger partial charge in [0.1, 0.15) is 0 Å². The van der Waals surface area contributed by atoms with Gasteiger partial charge in [-0.1, -0.05) is 130 Å². The van der Waals surface area contributed by atoms with Crippen molar-refractivity contribution in [3.05, 3.63) is 291 Å². The van der Waals surface area contributed by atoms with Crippen LogP contribution in [0, 0.1) is 125 Å². The summed E-state index contributed by atoms with van der Waals surface area (Å²) in [6.07, 6.45) is 17.7. The lowest BCUT2D eigenvalue weighted by atomic mass is 9.92. The average Bonchev–Trinajstić information content (AvgIpc) is 1.59. The van der Waals surface area contributed by atoms with Gasteiger partial charge in [0.2, 0.25) is 0 Å². The van der Waals surface area contributed by atoms with Gasteiger partial charge >= 0.3 is 0 Å². The Morgan fingerprint density at radius 3 is 0.435 bits per heavy atom. The number of rotatable bonds is 8. The molecular weight excluding hydrogens is 1310 g/mol. The number of aromatic nitrogens is 8. The number of benzene rings is 7. The first-order chi connectivity index (χ1) is 51.9. The number of fused-ring (bicyclic) bond motifs is 16. The molecule has 0 spiro atoms. The minimum Gasteiger partial charge on any atom is -0.354 e. The predicted molar refractivity (Wildman–Crippen MR) is 460 cm³/mol. The fraction of sp³-hybridized carbons (Fsp3) is 0.180. The standard InChI is InChI=1S/C100H90N8/c1-51-39-57(7)87(58(8)40-51)95-75-27-23-71(101-75)93(72-24-28-76(102-72)96(88-59(9)41-52(2)42-60(88)10)80-32-36-84(106-80)99(83-35-31-79(95)105-83)91-65(15)47-55(5)48-66(91)16)69-19-21-70(22-20-69)94-73-25-29-77(103-73)97(89-61(11)43-53(3)44-62(89)12)81-33-37-85(107-81)100(92-67(17)49-56(6)50-68(92)18)86-38-34-82(108-86)98(78-30-26-74(94)104-78)90-63(13)45-54(4)46-64(90)14/h19-50,101,103,106,108H,1-18H3. The van der Waals surface area contributed by atoms with Gasteiger partial charge in [-0.15, -0.1) is 0 Å². The zero-order valence-electron chi connectivity index (χ0n) is 65.3. The first-order valence-corrected chi connectivity index (χ1v) is 37.8. The molecule has 4 aliphatic heterocycles. The molecule has 530 valence electrons. The monoisotopic (exact) mass is 1400 g/mol. The van der Waals surface area contributed by atoms with Crippen molar-refractivity contribution >= 4 is 92.7 Å². The van der Waals surface area contributed by atoms with E-state index in [2.05, 4.69) is 339 Å². The lowest BCUT2D eigenvalue weighted by molar-refractivity contribution is 1.27. The number of H-pyrrole nitrogens is 4. The van der Waals surface area contributed by atoms with Crippen LogP contribution in [0.25, 0.3) is 182 Å². The Bertz CT molecular complexity index is 5960. The van der Waals surface area contributed by atoms with Crippen LogP contribution in [0.5, 0.6) is 0 Å². The van der Waals surface area contributed by atoms with Gasteiger partial charge in [-0.25, -0.2) is 19.9 Å². The van der Waals surface area contributed by atoms with Crippen LogP contribution in [0.2, 0.25) is 0 Å². The van der Waals surface area contributed by atoms with Crippen molar-refractivity contribution in [2.24, 2.45) is 0 Å². The molecule has 4 N–H and O–H groups in total. The summed E-state index contributed by atoms with van der Waals surface area (Å²) in [5.74, 6) is 0. The van der Waals surface area contributed by atoms with E-state index in [9.17, 15) is 0 Å². The Balaban J connectivity index is 0.964. The van der Waals surface area contributed by atoms with Gasteiger partial charge < -0.3 is 19.9 Å². The molecule has 0 saturated carbocycles. The molecule has 0 amide bonds. The van der Waals surface area contributed by atoms with Crippen LogP contribution in [0.15, 0.2) is 146 Å². The lowest BCUT2D eigenvalue weighted by Gasteiger charge is -2.14. The van der Waals surface area contributed by atoms with Crippen molar-refractivity contribution < 1.29 is 0 Å². The zero-order valence-corrected chi connectivity index (χ0v) is 65.3. The molecule has 13 aromatic rings. The van der Waals surface area contributed by atoms with E-state index in [1.165, 1.54) is 111 Å². The summed E-state index contributed by atoms with van der Waals surface area (Å²) < 4.78 is 0. The maximum atomic E-state index is 5.85. The topological polar surface area (TPSA) is 115 Å². The van der Waals surface area contributed by atoms with Crippen molar-refractivity contribution in [3.63, 3.8) is 0 Å². The highest BCUT2D eigenvalue weighted by molar-refractivity contribution is 6.05. The molecule has 8 nitrogen and oxygen atoms in total. The van der Waals surface area contributed by atoms with Gasteiger partial charge in [0, 0.05) is 88.6 Å². The summed E-state index contributed by atoms with van der Waals surface area (Å²) in [5, 5.41) is 0. The number of hydrogen-bond donors (Lipinski definition) is 4. The van der Waals surface area contributed by atoms with Crippen molar-refractivity contribution in [1.82, 2.24) is 39.9 Å². The highest BCUT2D eigenvalue weighted by Crippen LogP contribution is 2.47. The average molecular weight is 1400 g/mol. The molecule has 0 unspecified atom stereocenters. The molecule has 0 aliphatic carbocycles. The van der Waals surface area contributed by atoms with Crippen LogP contribution in [0.4, 0.5) is 0 Å². The fourth-order valence-corrected chi connectivity index (χ4v) is 18.8. The predicted octanol–water partition coefficient (Wildman–Crippen LogP) is 26.5. The van der Waals surface area contributed by atoms with Gasteiger partial charge in [0.05, 0.1) is 45.6 Å². The second kappa shape index (κ2) is 26.4. The summed E-state index contributed by atoms with van der Waals surface area (Å²) in [7, 11) is 0. The highest BCUT2D eigenvalue weighted by Gasteiger charge is 2.27. The van der Waals surface area contributed by atoms with Crippen LogP contribution in [-0.2, 0) is 0 Å². The van der Waals surface area contributed by atoms with E-state index in [0.717, 1.165) is 168 Å². The molecular formula is C100H90N8. The first kappa shape index (κ1) is 68.8. The third-order valence-electron chi connectivity index (χ3n) is 22.5. The maximum Gasteiger partial charge on any atom is 0.0737 e. The van der Waals surface area contributed by atoms with Crippen molar-refractivity contribution in [1.29, 1.82) is 0 Å². The maximum absolute atomic E-state index is 5.85. The van der Waals surface area contributed by atoms with Gasteiger partial charge in [0.15, 0.2) is 0 Å². The second-order valence-electron chi connectivity index (χ2n) is 31.2. The normalized spacial score (nSPS) is 12.4. The first-order valence-electron chi connectivity index (χ1n) is 37.8.